The molecule has 0 bridgehead atoms. The van der Waals surface area contributed by atoms with Crippen LogP contribution in [-0.4, -0.2) is 21.0 Å². The second kappa shape index (κ2) is 6.66. The number of hydrogen-bond acceptors (Lipinski definition) is 5. The molecule has 2 N–H and O–H groups in total. The zero-order chi connectivity index (χ0) is 16.2. The molecule has 0 aliphatic heterocycles. The summed E-state index contributed by atoms with van der Waals surface area (Å²) < 4.78 is 0. The summed E-state index contributed by atoms with van der Waals surface area (Å²) >= 11 is 0. The van der Waals surface area contributed by atoms with Crippen molar-refractivity contribution in [3.63, 3.8) is 0 Å². The number of aromatic nitrogens is 3. The summed E-state index contributed by atoms with van der Waals surface area (Å²) in [6.07, 6.45) is 6.02. The lowest BCUT2D eigenvalue weighted by Gasteiger charge is -2.11. The van der Waals surface area contributed by atoms with Crippen molar-refractivity contribution in [1.29, 1.82) is 0 Å². The van der Waals surface area contributed by atoms with E-state index in [1.54, 1.807) is 6.20 Å². The van der Waals surface area contributed by atoms with Gasteiger partial charge in [0.2, 0.25) is 5.95 Å². The van der Waals surface area contributed by atoms with Gasteiger partial charge in [-0.1, -0.05) is 36.4 Å². The van der Waals surface area contributed by atoms with Crippen LogP contribution in [0.3, 0.4) is 0 Å². The highest BCUT2D eigenvalue weighted by Crippen LogP contribution is 2.26. The van der Waals surface area contributed by atoms with Gasteiger partial charge < -0.3 is 10.6 Å². The average molecular weight is 317 g/mol. The minimum Gasteiger partial charge on any atom is -0.366 e. The summed E-state index contributed by atoms with van der Waals surface area (Å²) in [6, 6.07) is 16.7. The molecule has 1 aliphatic carbocycles. The Kier molecular flexibility index (Phi) is 4.06. The Bertz CT molecular complexity index is 801. The molecule has 0 unspecified atom stereocenters. The van der Waals surface area contributed by atoms with Crippen molar-refractivity contribution in [2.75, 3.05) is 10.6 Å². The van der Waals surface area contributed by atoms with Crippen molar-refractivity contribution in [2.45, 2.75) is 25.4 Å². The van der Waals surface area contributed by atoms with Crippen LogP contribution in [0.15, 0.2) is 60.9 Å². The van der Waals surface area contributed by atoms with Crippen molar-refractivity contribution < 1.29 is 0 Å². The van der Waals surface area contributed by atoms with Gasteiger partial charge in [-0.3, -0.25) is 4.98 Å². The van der Waals surface area contributed by atoms with Gasteiger partial charge in [-0.15, -0.1) is 0 Å². The van der Waals surface area contributed by atoms with E-state index >= 15 is 0 Å². The molecule has 1 saturated carbocycles. The Morgan fingerprint density at radius 1 is 1.00 bits per heavy atom. The fraction of sp³-hybridized carbons (Fsp3) is 0.211. The lowest BCUT2D eigenvalue weighted by atomic mass is 10.1. The van der Waals surface area contributed by atoms with Crippen LogP contribution in [-0.2, 0) is 6.54 Å². The van der Waals surface area contributed by atoms with Crippen molar-refractivity contribution in [3.8, 4) is 11.3 Å². The van der Waals surface area contributed by atoms with Crippen molar-refractivity contribution in [3.05, 3.63) is 66.5 Å². The normalized spacial score (nSPS) is 13.5. The van der Waals surface area contributed by atoms with Gasteiger partial charge in [-0.05, 0) is 24.5 Å². The maximum atomic E-state index is 4.66. The van der Waals surface area contributed by atoms with E-state index in [9.17, 15) is 0 Å². The van der Waals surface area contributed by atoms with E-state index in [4.69, 9.17) is 0 Å². The maximum absolute atomic E-state index is 4.66. The Morgan fingerprint density at radius 2 is 1.88 bits per heavy atom. The highest BCUT2D eigenvalue weighted by molar-refractivity contribution is 5.64. The van der Waals surface area contributed by atoms with E-state index in [1.165, 1.54) is 12.8 Å². The third-order valence-corrected chi connectivity index (χ3v) is 3.90. The van der Waals surface area contributed by atoms with Crippen molar-refractivity contribution in [1.82, 2.24) is 15.0 Å². The van der Waals surface area contributed by atoms with Gasteiger partial charge in [0, 0.05) is 36.6 Å². The number of rotatable bonds is 6. The van der Waals surface area contributed by atoms with Crippen LogP contribution >= 0.6 is 0 Å². The Balaban J connectivity index is 1.59. The summed E-state index contributed by atoms with van der Waals surface area (Å²) in [5.41, 5.74) is 3.12. The number of hydrogen-bond donors (Lipinski definition) is 2. The largest absolute Gasteiger partial charge is 0.366 e. The molecule has 1 fully saturated rings. The molecule has 0 radical (unpaired) electrons. The molecular formula is C19H19N5. The molecule has 24 heavy (non-hydrogen) atoms. The quantitative estimate of drug-likeness (QED) is 0.725. The molecule has 5 nitrogen and oxygen atoms in total. The number of nitrogens with one attached hydrogen (secondary N) is 2. The monoisotopic (exact) mass is 317 g/mol. The van der Waals surface area contributed by atoms with Gasteiger partial charge >= 0.3 is 0 Å². The van der Waals surface area contributed by atoms with E-state index in [2.05, 4.69) is 37.7 Å². The number of anilines is 2. The molecule has 5 heteroatoms. The van der Waals surface area contributed by atoms with Gasteiger partial charge in [-0.25, -0.2) is 4.98 Å². The summed E-state index contributed by atoms with van der Waals surface area (Å²) in [5.74, 6) is 1.50. The van der Waals surface area contributed by atoms with Gasteiger partial charge in [0.05, 0.1) is 5.69 Å². The molecular weight excluding hydrogens is 298 g/mol. The average Bonchev–Trinajstić information content (AvgIpc) is 3.45. The first-order valence-corrected chi connectivity index (χ1v) is 8.21. The zero-order valence-corrected chi connectivity index (χ0v) is 13.3. The fourth-order valence-corrected chi connectivity index (χ4v) is 2.46. The molecule has 0 amide bonds. The van der Waals surface area contributed by atoms with Crippen LogP contribution < -0.4 is 10.6 Å². The Hall–Kier alpha value is -2.95. The highest BCUT2D eigenvalue weighted by Gasteiger charge is 2.22. The smallest absolute Gasteiger partial charge is 0.225 e. The summed E-state index contributed by atoms with van der Waals surface area (Å²) in [7, 11) is 0. The first-order valence-electron chi connectivity index (χ1n) is 8.21. The van der Waals surface area contributed by atoms with Crippen LogP contribution in [0.1, 0.15) is 18.4 Å². The number of benzene rings is 1. The van der Waals surface area contributed by atoms with Crippen LogP contribution in [0.2, 0.25) is 0 Å². The minimum absolute atomic E-state index is 0.516. The van der Waals surface area contributed by atoms with E-state index < -0.39 is 0 Å². The van der Waals surface area contributed by atoms with Crippen LogP contribution in [0.4, 0.5) is 11.8 Å². The van der Waals surface area contributed by atoms with Gasteiger partial charge in [0.1, 0.15) is 5.82 Å². The SMILES string of the molecule is c1ccc(-c2cc(NCc3cccnc3)nc(NC3CC3)n2)cc1. The second-order valence-electron chi connectivity index (χ2n) is 5.96. The Morgan fingerprint density at radius 3 is 2.62 bits per heavy atom. The van der Waals surface area contributed by atoms with E-state index in [0.29, 0.717) is 18.5 Å². The lowest BCUT2D eigenvalue weighted by Crippen LogP contribution is -2.09. The molecule has 2 heterocycles. The highest BCUT2D eigenvalue weighted by atomic mass is 15.2. The van der Waals surface area contributed by atoms with Crippen LogP contribution in [0.5, 0.6) is 0 Å². The molecule has 2 aromatic heterocycles. The number of nitrogens with zero attached hydrogens (tertiary/aromatic N) is 3. The van der Waals surface area contributed by atoms with Gasteiger partial charge in [0.25, 0.3) is 0 Å². The first kappa shape index (κ1) is 14.6. The summed E-state index contributed by atoms with van der Waals surface area (Å²) in [6.45, 7) is 0.682. The fourth-order valence-electron chi connectivity index (χ4n) is 2.46. The minimum atomic E-state index is 0.516. The molecule has 120 valence electrons. The van der Waals surface area contributed by atoms with Crippen molar-refractivity contribution >= 4 is 11.8 Å². The summed E-state index contributed by atoms with van der Waals surface area (Å²) in [5, 5.41) is 6.76. The molecule has 0 saturated heterocycles. The second-order valence-corrected chi connectivity index (χ2v) is 5.96. The van der Waals surface area contributed by atoms with Crippen LogP contribution in [0, 0.1) is 0 Å². The molecule has 1 aromatic carbocycles. The molecule has 3 aromatic rings. The number of pyridine rings is 1. The molecule has 4 rings (SSSR count). The predicted octanol–water partition coefficient (Wildman–Crippen LogP) is 3.73. The zero-order valence-electron chi connectivity index (χ0n) is 13.3. The third-order valence-electron chi connectivity index (χ3n) is 3.90. The van der Waals surface area contributed by atoms with Crippen LogP contribution in [0.25, 0.3) is 11.3 Å². The third kappa shape index (κ3) is 3.68. The predicted molar refractivity (Wildman–Crippen MR) is 95.7 cm³/mol. The van der Waals surface area contributed by atoms with E-state index in [-0.39, 0.29) is 0 Å². The summed E-state index contributed by atoms with van der Waals surface area (Å²) in [4.78, 5) is 13.4. The van der Waals surface area contributed by atoms with E-state index in [1.807, 2.05) is 42.6 Å². The van der Waals surface area contributed by atoms with Gasteiger partial charge in [-0.2, -0.15) is 4.98 Å². The molecule has 0 spiro atoms. The van der Waals surface area contributed by atoms with E-state index in [0.717, 1.165) is 22.6 Å². The maximum Gasteiger partial charge on any atom is 0.225 e. The molecule has 0 atom stereocenters. The van der Waals surface area contributed by atoms with Crippen molar-refractivity contribution in [2.24, 2.45) is 0 Å². The first-order chi connectivity index (χ1) is 11.9. The topological polar surface area (TPSA) is 62.7 Å². The standard InChI is InChI=1S/C19H19N5/c1-2-6-15(7-3-1)17-11-18(21-13-14-5-4-10-20-12-14)24-19(23-17)22-16-8-9-16/h1-7,10-12,16H,8-9,13H2,(H2,21,22,23,24). The molecule has 1 aliphatic rings. The lowest BCUT2D eigenvalue weighted by molar-refractivity contribution is 1.03. The Labute approximate surface area is 141 Å². The van der Waals surface area contributed by atoms with Gasteiger partial charge in [0.15, 0.2) is 0 Å².